The molecule has 1 aliphatic carbocycles. The number of anilines is 1. The molecule has 11 nitrogen and oxygen atoms in total. The third kappa shape index (κ3) is 2.78. The van der Waals surface area contributed by atoms with Gasteiger partial charge in [0.2, 0.25) is 5.91 Å². The first-order valence-electron chi connectivity index (χ1n) is 8.44. The summed E-state index contributed by atoms with van der Waals surface area (Å²) in [5.74, 6) is 0.0246. The molecule has 1 amide bonds. The zero-order chi connectivity index (χ0) is 18.4. The topological polar surface area (TPSA) is 174 Å². The van der Waals surface area contributed by atoms with Crippen molar-refractivity contribution >= 4 is 22.9 Å². The highest BCUT2D eigenvalue weighted by Gasteiger charge is 2.46. The molecule has 11 heteroatoms. The number of aliphatic hydroxyl groups excluding tert-OH is 2. The van der Waals surface area contributed by atoms with E-state index in [1.807, 2.05) is 0 Å². The fourth-order valence-corrected chi connectivity index (χ4v) is 3.29. The molecule has 0 aromatic carbocycles. The first-order valence-corrected chi connectivity index (χ1v) is 8.44. The maximum Gasteiger partial charge on any atom is 0.237 e. The summed E-state index contributed by atoms with van der Waals surface area (Å²) in [6.07, 6.45) is 1.75. The number of hydrogen-bond acceptors (Lipinski definition) is 9. The highest BCUT2D eigenvalue weighted by molar-refractivity contribution is 5.83. The van der Waals surface area contributed by atoms with Gasteiger partial charge in [-0.15, -0.1) is 0 Å². The van der Waals surface area contributed by atoms with Crippen molar-refractivity contribution in [2.75, 3.05) is 12.3 Å². The Morgan fingerprint density at radius 3 is 2.88 bits per heavy atom. The monoisotopic (exact) mass is 363 g/mol. The highest BCUT2D eigenvalue weighted by atomic mass is 16.5. The van der Waals surface area contributed by atoms with Gasteiger partial charge in [-0.05, 0) is 18.8 Å². The Balaban J connectivity index is 1.58. The molecule has 4 rings (SSSR count). The summed E-state index contributed by atoms with van der Waals surface area (Å²) in [4.78, 5) is 24.4. The van der Waals surface area contributed by atoms with Gasteiger partial charge < -0.3 is 31.7 Å². The number of imidazole rings is 1. The SMILES string of the molecule is Nc1ncnc2c1ncn2[C@@H]1O[C@H](CO)C(NC(=O)C(N)C2CC2)[C@@H]1O. The standard InChI is InChI=1S/C15H21N7O4/c16-8(6-1-2-6)14(25)21-9-7(3-23)26-15(11(9)24)22-5-20-10-12(17)18-4-19-13(10)22/h4-9,11,15,23-24H,1-3,16H2,(H,21,25)(H2,17,18,19)/t7-,8?,9?,11+,15-/m1/s1. The second-order valence-electron chi connectivity index (χ2n) is 6.72. The minimum absolute atomic E-state index is 0.176. The van der Waals surface area contributed by atoms with Crippen LogP contribution in [0, 0.1) is 5.92 Å². The average molecular weight is 363 g/mol. The van der Waals surface area contributed by atoms with Crippen LogP contribution in [-0.2, 0) is 9.53 Å². The Morgan fingerprint density at radius 2 is 2.19 bits per heavy atom. The lowest BCUT2D eigenvalue weighted by Crippen LogP contribution is -2.53. The van der Waals surface area contributed by atoms with Gasteiger partial charge in [-0.1, -0.05) is 0 Å². The van der Waals surface area contributed by atoms with E-state index >= 15 is 0 Å². The molecule has 0 spiro atoms. The van der Waals surface area contributed by atoms with Crippen LogP contribution >= 0.6 is 0 Å². The van der Waals surface area contributed by atoms with E-state index < -0.39 is 30.5 Å². The van der Waals surface area contributed by atoms with Gasteiger partial charge in [0.15, 0.2) is 17.7 Å². The number of carbonyl (C=O) groups excluding carboxylic acids is 1. The number of nitrogens with zero attached hydrogens (tertiary/aromatic N) is 4. The van der Waals surface area contributed by atoms with Crippen LogP contribution in [0.4, 0.5) is 5.82 Å². The molecule has 26 heavy (non-hydrogen) atoms. The molecule has 2 aliphatic rings. The fourth-order valence-electron chi connectivity index (χ4n) is 3.29. The first kappa shape index (κ1) is 17.1. The van der Waals surface area contributed by atoms with Crippen LogP contribution in [0.1, 0.15) is 19.1 Å². The molecule has 2 aromatic rings. The molecule has 2 aromatic heterocycles. The van der Waals surface area contributed by atoms with E-state index in [4.69, 9.17) is 16.2 Å². The number of fused-ring (bicyclic) bond motifs is 1. The van der Waals surface area contributed by atoms with Crippen LogP contribution in [0.2, 0.25) is 0 Å². The van der Waals surface area contributed by atoms with E-state index in [0.717, 1.165) is 12.8 Å². The van der Waals surface area contributed by atoms with Crippen molar-refractivity contribution in [1.82, 2.24) is 24.8 Å². The molecule has 3 heterocycles. The van der Waals surface area contributed by atoms with E-state index in [1.54, 1.807) is 0 Å². The summed E-state index contributed by atoms with van der Waals surface area (Å²) < 4.78 is 7.26. The summed E-state index contributed by atoms with van der Waals surface area (Å²) in [5.41, 5.74) is 12.5. The Morgan fingerprint density at radius 1 is 1.42 bits per heavy atom. The van der Waals surface area contributed by atoms with Crippen molar-refractivity contribution in [2.45, 2.75) is 43.4 Å². The maximum absolute atomic E-state index is 12.3. The summed E-state index contributed by atoms with van der Waals surface area (Å²) in [5, 5.41) is 23.0. The molecule has 2 unspecified atom stereocenters. The van der Waals surface area contributed by atoms with Gasteiger partial charge in [-0.25, -0.2) is 15.0 Å². The predicted molar refractivity (Wildman–Crippen MR) is 89.4 cm³/mol. The minimum atomic E-state index is -1.13. The molecule has 1 aliphatic heterocycles. The highest BCUT2D eigenvalue weighted by Crippen LogP contribution is 2.34. The number of rotatable bonds is 5. The lowest BCUT2D eigenvalue weighted by molar-refractivity contribution is -0.124. The summed E-state index contributed by atoms with van der Waals surface area (Å²) >= 11 is 0. The third-order valence-corrected chi connectivity index (χ3v) is 4.96. The zero-order valence-corrected chi connectivity index (χ0v) is 13.9. The molecule has 7 N–H and O–H groups in total. The van der Waals surface area contributed by atoms with Gasteiger partial charge in [-0.3, -0.25) is 9.36 Å². The summed E-state index contributed by atoms with van der Waals surface area (Å²) in [6, 6.07) is -1.43. The number of aliphatic hydroxyl groups is 2. The van der Waals surface area contributed by atoms with Crippen LogP contribution in [0.15, 0.2) is 12.7 Å². The van der Waals surface area contributed by atoms with Crippen molar-refractivity contribution in [1.29, 1.82) is 0 Å². The van der Waals surface area contributed by atoms with Crippen LogP contribution in [0.25, 0.3) is 11.2 Å². The molecule has 140 valence electrons. The molecule has 1 saturated carbocycles. The Bertz CT molecular complexity index is 823. The minimum Gasteiger partial charge on any atom is -0.394 e. The molecular formula is C15H21N7O4. The zero-order valence-electron chi connectivity index (χ0n) is 13.9. The van der Waals surface area contributed by atoms with E-state index in [1.165, 1.54) is 17.2 Å². The Hall–Kier alpha value is -2.34. The molecule has 5 atom stereocenters. The lowest BCUT2D eigenvalue weighted by atomic mass is 10.1. The Kier molecular flexibility index (Phi) is 4.23. The van der Waals surface area contributed by atoms with E-state index in [9.17, 15) is 15.0 Å². The average Bonchev–Trinajstić information content (AvgIpc) is 3.32. The molecule has 0 radical (unpaired) electrons. The first-order chi connectivity index (χ1) is 12.5. The van der Waals surface area contributed by atoms with E-state index in [2.05, 4.69) is 20.3 Å². The quantitative estimate of drug-likeness (QED) is 0.398. The van der Waals surface area contributed by atoms with Crippen molar-refractivity contribution in [3.05, 3.63) is 12.7 Å². The second kappa shape index (κ2) is 6.43. The second-order valence-corrected chi connectivity index (χ2v) is 6.72. The van der Waals surface area contributed by atoms with Crippen LogP contribution in [-0.4, -0.2) is 66.5 Å². The van der Waals surface area contributed by atoms with E-state index in [-0.39, 0.29) is 24.2 Å². The molecular weight excluding hydrogens is 342 g/mol. The normalized spacial score (nSPS) is 29.8. The molecule has 1 saturated heterocycles. The van der Waals surface area contributed by atoms with Crippen molar-refractivity contribution < 1.29 is 19.7 Å². The van der Waals surface area contributed by atoms with E-state index in [0.29, 0.717) is 11.2 Å². The molecule has 0 bridgehead atoms. The number of nitrogen functional groups attached to an aromatic ring is 1. The van der Waals surface area contributed by atoms with Crippen LogP contribution in [0.5, 0.6) is 0 Å². The van der Waals surface area contributed by atoms with Gasteiger partial charge in [0, 0.05) is 0 Å². The maximum atomic E-state index is 12.3. The molecule has 2 fully saturated rings. The van der Waals surface area contributed by atoms with Crippen molar-refractivity contribution in [3.63, 3.8) is 0 Å². The summed E-state index contributed by atoms with van der Waals surface area (Å²) in [6.45, 7) is -0.374. The van der Waals surface area contributed by atoms with Crippen molar-refractivity contribution in [2.24, 2.45) is 11.7 Å². The summed E-state index contributed by atoms with van der Waals surface area (Å²) in [7, 11) is 0. The number of ether oxygens (including phenoxy) is 1. The number of hydrogen-bond donors (Lipinski definition) is 5. The van der Waals surface area contributed by atoms with Crippen LogP contribution < -0.4 is 16.8 Å². The number of aromatic nitrogens is 4. The number of nitrogens with one attached hydrogen (secondary N) is 1. The van der Waals surface area contributed by atoms with Crippen LogP contribution in [0.3, 0.4) is 0 Å². The van der Waals surface area contributed by atoms with Gasteiger partial charge in [0.25, 0.3) is 0 Å². The third-order valence-electron chi connectivity index (χ3n) is 4.96. The number of nitrogens with two attached hydrogens (primary N) is 2. The lowest BCUT2D eigenvalue weighted by Gasteiger charge is -2.22. The van der Waals surface area contributed by atoms with Gasteiger partial charge in [0.05, 0.1) is 25.0 Å². The predicted octanol–water partition coefficient (Wildman–Crippen LogP) is -2.12. The smallest absolute Gasteiger partial charge is 0.237 e. The largest absolute Gasteiger partial charge is 0.394 e. The van der Waals surface area contributed by atoms with Gasteiger partial charge >= 0.3 is 0 Å². The Labute approximate surface area is 148 Å². The number of amides is 1. The fraction of sp³-hybridized carbons (Fsp3) is 0.600. The van der Waals surface area contributed by atoms with Crippen molar-refractivity contribution in [3.8, 4) is 0 Å². The number of carbonyl (C=O) groups is 1. The van der Waals surface area contributed by atoms with Gasteiger partial charge in [-0.2, -0.15) is 0 Å². The van der Waals surface area contributed by atoms with Gasteiger partial charge in [0.1, 0.15) is 24.1 Å².